The molecule has 1 atom stereocenters. The van der Waals surface area contributed by atoms with Crippen molar-refractivity contribution in [1.82, 2.24) is 25.1 Å². The van der Waals surface area contributed by atoms with Gasteiger partial charge in [0.05, 0.1) is 17.8 Å². The Hall–Kier alpha value is -2.84. The number of fused-ring (bicyclic) bond motifs is 2. The molecular formula is C22H21ClF3N5. The largest absolute Gasteiger partial charge is 0.416 e. The highest BCUT2D eigenvalue weighted by atomic mass is 35.5. The molecule has 0 bridgehead atoms. The number of benzene rings is 1. The van der Waals surface area contributed by atoms with Gasteiger partial charge in [0.1, 0.15) is 11.3 Å². The van der Waals surface area contributed by atoms with Crippen molar-refractivity contribution >= 4 is 23.4 Å². The minimum atomic E-state index is -4.37. The maximum Gasteiger partial charge on any atom is 0.416 e. The van der Waals surface area contributed by atoms with Crippen LogP contribution in [0.25, 0.3) is 33.4 Å². The van der Waals surface area contributed by atoms with Crippen molar-refractivity contribution < 1.29 is 13.2 Å². The average Bonchev–Trinajstić information content (AvgIpc) is 3.28. The van der Waals surface area contributed by atoms with Crippen molar-refractivity contribution in [2.24, 2.45) is 0 Å². The van der Waals surface area contributed by atoms with Crippen LogP contribution in [-0.2, 0) is 19.3 Å². The van der Waals surface area contributed by atoms with Crippen LogP contribution in [0.5, 0.6) is 0 Å². The fourth-order valence-corrected chi connectivity index (χ4v) is 4.15. The number of hydrogen-bond donors (Lipinski definition) is 2. The number of nitrogens with zero attached hydrogens (tertiary/aromatic N) is 3. The summed E-state index contributed by atoms with van der Waals surface area (Å²) in [4.78, 5) is 7.60. The lowest BCUT2D eigenvalue weighted by Crippen LogP contribution is -2.36. The Balaban J connectivity index is 0.00000231. The van der Waals surface area contributed by atoms with Crippen LogP contribution in [0.4, 0.5) is 13.2 Å². The third-order valence-electron chi connectivity index (χ3n) is 5.65. The van der Waals surface area contributed by atoms with E-state index in [-0.39, 0.29) is 18.4 Å². The Morgan fingerprint density at radius 3 is 2.58 bits per heavy atom. The molecule has 1 aromatic carbocycles. The van der Waals surface area contributed by atoms with Crippen molar-refractivity contribution in [3.63, 3.8) is 0 Å². The zero-order valence-corrected chi connectivity index (χ0v) is 17.7. The van der Waals surface area contributed by atoms with Crippen molar-refractivity contribution in [2.45, 2.75) is 39.2 Å². The van der Waals surface area contributed by atoms with Crippen molar-refractivity contribution in [2.75, 3.05) is 0 Å². The van der Waals surface area contributed by atoms with E-state index in [0.29, 0.717) is 24.3 Å². The highest BCUT2D eigenvalue weighted by Crippen LogP contribution is 2.40. The van der Waals surface area contributed by atoms with Crippen LogP contribution in [-0.4, -0.2) is 25.8 Å². The minimum Gasteiger partial charge on any atom is -0.346 e. The van der Waals surface area contributed by atoms with Crippen LogP contribution < -0.4 is 5.32 Å². The Labute approximate surface area is 183 Å². The lowest BCUT2D eigenvalue weighted by Gasteiger charge is -2.22. The first-order valence-corrected chi connectivity index (χ1v) is 9.76. The number of aryl methyl sites for hydroxylation is 1. The quantitative estimate of drug-likeness (QED) is 0.436. The topological polar surface area (TPSA) is 58.5 Å². The monoisotopic (exact) mass is 447 g/mol. The van der Waals surface area contributed by atoms with E-state index in [2.05, 4.69) is 22.2 Å². The second kappa shape index (κ2) is 7.69. The average molecular weight is 448 g/mol. The summed E-state index contributed by atoms with van der Waals surface area (Å²) in [5.41, 5.74) is 5.45. The van der Waals surface area contributed by atoms with E-state index in [1.54, 1.807) is 6.20 Å². The first-order valence-electron chi connectivity index (χ1n) is 9.76. The normalized spacial score (nSPS) is 16.2. The first-order chi connectivity index (χ1) is 14.3. The van der Waals surface area contributed by atoms with E-state index in [4.69, 9.17) is 5.10 Å². The van der Waals surface area contributed by atoms with E-state index in [1.807, 2.05) is 23.9 Å². The van der Waals surface area contributed by atoms with Crippen molar-refractivity contribution in [1.29, 1.82) is 0 Å². The molecule has 1 aliphatic heterocycles. The van der Waals surface area contributed by atoms with Gasteiger partial charge in [-0.15, -0.1) is 12.4 Å². The molecule has 5 nitrogen and oxygen atoms in total. The van der Waals surface area contributed by atoms with Gasteiger partial charge < -0.3 is 10.3 Å². The highest BCUT2D eigenvalue weighted by molar-refractivity contribution is 5.99. The van der Waals surface area contributed by atoms with Crippen LogP contribution in [0.2, 0.25) is 0 Å². The van der Waals surface area contributed by atoms with Gasteiger partial charge >= 0.3 is 6.18 Å². The van der Waals surface area contributed by atoms with Crippen molar-refractivity contribution in [3.05, 3.63) is 59.5 Å². The third-order valence-corrected chi connectivity index (χ3v) is 5.65. The number of rotatable bonds is 2. The molecule has 0 radical (unpaired) electrons. The molecule has 4 heterocycles. The molecule has 0 amide bonds. The molecule has 0 saturated carbocycles. The predicted octanol–water partition coefficient (Wildman–Crippen LogP) is 5.33. The Morgan fingerprint density at radius 1 is 1.13 bits per heavy atom. The number of hydrogen-bond acceptors (Lipinski definition) is 3. The van der Waals surface area contributed by atoms with Gasteiger partial charge in [0, 0.05) is 41.5 Å². The summed E-state index contributed by atoms with van der Waals surface area (Å²) in [6.45, 7) is 5.43. The molecule has 162 valence electrons. The standard InChI is InChI=1S/C22H20F3N5.ClH/c1-12-9-28-21-18(12)16(7-8-26-21)19-17-10-27-13(2)11-30(17)29-20(19)14-3-5-15(6-4-14)22(23,24)25;/h3-9,13,27H,10-11H2,1-2H3,(H,26,28);1H/t13-;/m0./s1. The summed E-state index contributed by atoms with van der Waals surface area (Å²) < 4.78 is 41.1. The molecule has 3 aromatic heterocycles. The van der Waals surface area contributed by atoms with Crippen molar-refractivity contribution in [3.8, 4) is 22.4 Å². The molecule has 9 heteroatoms. The Morgan fingerprint density at radius 2 is 1.87 bits per heavy atom. The molecule has 2 N–H and O–H groups in total. The van der Waals surface area contributed by atoms with E-state index < -0.39 is 11.7 Å². The Bertz CT molecular complexity index is 1240. The second-order valence-corrected chi connectivity index (χ2v) is 7.76. The molecule has 0 aliphatic carbocycles. The lowest BCUT2D eigenvalue weighted by molar-refractivity contribution is -0.137. The fraction of sp³-hybridized carbons (Fsp3) is 0.273. The molecule has 0 saturated heterocycles. The van der Waals surface area contributed by atoms with Crippen LogP contribution >= 0.6 is 12.4 Å². The number of alkyl halides is 3. The molecular weight excluding hydrogens is 427 g/mol. The second-order valence-electron chi connectivity index (χ2n) is 7.76. The molecule has 4 aromatic rings. The van der Waals surface area contributed by atoms with E-state index in [9.17, 15) is 13.2 Å². The molecule has 0 unspecified atom stereocenters. The van der Waals surface area contributed by atoms with Gasteiger partial charge in [0.15, 0.2) is 0 Å². The molecule has 0 fully saturated rings. The SMILES string of the molecule is Cc1c[nH]c2nccc(-c3c(-c4ccc(C(F)(F)F)cc4)nn4c3CN[C@@H](C)C4)c12.Cl. The minimum absolute atomic E-state index is 0. The summed E-state index contributed by atoms with van der Waals surface area (Å²) in [6, 6.07) is 7.44. The molecule has 31 heavy (non-hydrogen) atoms. The van der Waals surface area contributed by atoms with Gasteiger partial charge in [-0.3, -0.25) is 4.68 Å². The summed E-state index contributed by atoms with van der Waals surface area (Å²) in [5.74, 6) is 0. The zero-order chi connectivity index (χ0) is 21.0. The molecule has 1 aliphatic rings. The predicted molar refractivity (Wildman–Crippen MR) is 116 cm³/mol. The molecule has 5 rings (SSSR count). The number of aromatic nitrogens is 4. The third kappa shape index (κ3) is 3.59. The van der Waals surface area contributed by atoms with E-state index >= 15 is 0 Å². The van der Waals surface area contributed by atoms with Gasteiger partial charge in [-0.1, -0.05) is 12.1 Å². The van der Waals surface area contributed by atoms with E-state index in [0.717, 1.165) is 45.6 Å². The number of pyridine rings is 1. The highest BCUT2D eigenvalue weighted by Gasteiger charge is 2.31. The number of nitrogens with one attached hydrogen (secondary N) is 2. The van der Waals surface area contributed by atoms with Gasteiger partial charge in [-0.05, 0) is 43.2 Å². The van der Waals surface area contributed by atoms with Crippen LogP contribution in [0.3, 0.4) is 0 Å². The number of halogens is 4. The zero-order valence-electron chi connectivity index (χ0n) is 16.9. The Kier molecular flexibility index (Phi) is 5.31. The summed E-state index contributed by atoms with van der Waals surface area (Å²) >= 11 is 0. The van der Waals surface area contributed by atoms with Gasteiger partial charge in [-0.2, -0.15) is 18.3 Å². The summed E-state index contributed by atoms with van der Waals surface area (Å²) in [5, 5.41) is 9.29. The molecule has 0 spiro atoms. The maximum atomic E-state index is 13.0. The first kappa shape index (κ1) is 21.4. The number of H-pyrrole nitrogens is 1. The van der Waals surface area contributed by atoms with Gasteiger partial charge in [0.25, 0.3) is 0 Å². The van der Waals surface area contributed by atoms with E-state index in [1.165, 1.54) is 12.1 Å². The number of aromatic amines is 1. The van der Waals surface area contributed by atoms with Gasteiger partial charge in [0.2, 0.25) is 0 Å². The maximum absolute atomic E-state index is 13.0. The smallest absolute Gasteiger partial charge is 0.346 e. The summed E-state index contributed by atoms with van der Waals surface area (Å²) in [6.07, 6.45) is -0.712. The lowest BCUT2D eigenvalue weighted by atomic mass is 9.95. The van der Waals surface area contributed by atoms with Gasteiger partial charge in [-0.25, -0.2) is 4.98 Å². The summed E-state index contributed by atoms with van der Waals surface area (Å²) in [7, 11) is 0. The van der Waals surface area contributed by atoms with Crippen LogP contribution in [0.15, 0.2) is 42.7 Å². The van der Waals surface area contributed by atoms with Crippen LogP contribution in [0, 0.1) is 6.92 Å². The van der Waals surface area contributed by atoms with Crippen LogP contribution in [0.1, 0.15) is 23.7 Å². The fourth-order valence-electron chi connectivity index (χ4n) is 4.15.